The summed E-state index contributed by atoms with van der Waals surface area (Å²) in [7, 11) is 0. The van der Waals surface area contributed by atoms with Crippen molar-refractivity contribution in [2.24, 2.45) is 0 Å². The highest BCUT2D eigenvalue weighted by atomic mass is 19.4. The molecule has 0 unspecified atom stereocenters. The number of H-pyrrole nitrogens is 1. The third-order valence-corrected chi connectivity index (χ3v) is 3.31. The van der Waals surface area contributed by atoms with Crippen molar-refractivity contribution in [1.82, 2.24) is 9.97 Å². The predicted octanol–water partition coefficient (Wildman–Crippen LogP) is 4.65. The van der Waals surface area contributed by atoms with E-state index in [1.165, 1.54) is 18.2 Å². The Morgan fingerprint density at radius 1 is 1.09 bits per heavy atom. The Kier molecular flexibility index (Phi) is 3.62. The molecule has 3 nitrogen and oxygen atoms in total. The molecular weight excluding hydrogens is 303 g/mol. The van der Waals surface area contributed by atoms with Crippen LogP contribution >= 0.6 is 0 Å². The molecule has 0 atom stereocenters. The zero-order chi connectivity index (χ0) is 16.4. The van der Waals surface area contributed by atoms with Crippen LogP contribution < -0.4 is 0 Å². The van der Waals surface area contributed by atoms with Gasteiger partial charge in [0.25, 0.3) is 0 Å². The van der Waals surface area contributed by atoms with Gasteiger partial charge in [-0.15, -0.1) is 0 Å². The van der Waals surface area contributed by atoms with Gasteiger partial charge in [0, 0.05) is 0 Å². The van der Waals surface area contributed by atoms with Crippen molar-refractivity contribution in [2.75, 3.05) is 0 Å². The van der Waals surface area contributed by atoms with Crippen LogP contribution in [0.5, 0.6) is 0 Å². The minimum atomic E-state index is -4.38. The molecule has 114 valence electrons. The number of nitriles is 1. The number of alkyl halides is 3. The standard InChI is InChI=1S/C17H10F3N3/c18-17(19,20)13-7-5-11(6-8-13)9-12(10-21)16-22-14-3-1-2-4-15(14)23-16/h1-9H,(H,22,23)/b12-9-. The molecule has 1 heterocycles. The number of para-hydroxylation sites is 2. The van der Waals surface area contributed by atoms with Crippen LogP contribution in [-0.2, 0) is 6.18 Å². The first kappa shape index (κ1) is 14.9. The molecule has 0 saturated heterocycles. The molecule has 0 radical (unpaired) electrons. The molecule has 2 aromatic carbocycles. The molecule has 0 amide bonds. The SMILES string of the molecule is N#C/C(=C/c1ccc(C(F)(F)F)cc1)c1nc2ccccc2[nH]1. The number of nitrogens with zero attached hydrogens (tertiary/aromatic N) is 2. The van der Waals surface area contributed by atoms with Gasteiger partial charge in [-0.05, 0) is 35.9 Å². The van der Waals surface area contributed by atoms with Crippen molar-refractivity contribution in [2.45, 2.75) is 6.18 Å². The van der Waals surface area contributed by atoms with Crippen molar-refractivity contribution in [3.8, 4) is 6.07 Å². The van der Waals surface area contributed by atoms with Crippen molar-refractivity contribution < 1.29 is 13.2 Å². The number of benzene rings is 2. The van der Waals surface area contributed by atoms with E-state index >= 15 is 0 Å². The van der Waals surface area contributed by atoms with Gasteiger partial charge < -0.3 is 4.98 Å². The zero-order valence-electron chi connectivity index (χ0n) is 11.7. The first-order chi connectivity index (χ1) is 11.0. The fraction of sp³-hybridized carbons (Fsp3) is 0.0588. The number of fused-ring (bicyclic) bond motifs is 1. The van der Waals surface area contributed by atoms with Crippen molar-refractivity contribution in [3.05, 3.63) is 65.5 Å². The number of nitrogens with one attached hydrogen (secondary N) is 1. The Hall–Kier alpha value is -3.07. The van der Waals surface area contributed by atoms with E-state index in [4.69, 9.17) is 0 Å². The number of rotatable bonds is 2. The molecule has 0 spiro atoms. The summed E-state index contributed by atoms with van der Waals surface area (Å²) in [6.07, 6.45) is -2.88. The van der Waals surface area contributed by atoms with Crippen LogP contribution in [0.4, 0.5) is 13.2 Å². The minimum Gasteiger partial charge on any atom is -0.337 e. The van der Waals surface area contributed by atoms with Gasteiger partial charge in [-0.3, -0.25) is 0 Å². The second-order valence-electron chi connectivity index (χ2n) is 4.89. The highest BCUT2D eigenvalue weighted by molar-refractivity contribution is 5.90. The Bertz CT molecular complexity index is 880. The summed E-state index contributed by atoms with van der Waals surface area (Å²) in [5.41, 5.74) is 1.53. The molecule has 6 heteroatoms. The Morgan fingerprint density at radius 2 is 1.78 bits per heavy atom. The van der Waals surface area contributed by atoms with Crippen LogP contribution in [0.15, 0.2) is 48.5 Å². The van der Waals surface area contributed by atoms with Gasteiger partial charge in [0.15, 0.2) is 0 Å². The lowest BCUT2D eigenvalue weighted by Gasteiger charge is -2.06. The number of hydrogen-bond donors (Lipinski definition) is 1. The Balaban J connectivity index is 1.97. The van der Waals surface area contributed by atoms with E-state index in [0.29, 0.717) is 11.4 Å². The van der Waals surface area contributed by atoms with Crippen LogP contribution in [0.3, 0.4) is 0 Å². The van der Waals surface area contributed by atoms with Crippen LogP contribution in [0.2, 0.25) is 0 Å². The maximum absolute atomic E-state index is 12.5. The Labute approximate surface area is 129 Å². The van der Waals surface area contributed by atoms with Gasteiger partial charge in [0.05, 0.1) is 22.2 Å². The highest BCUT2D eigenvalue weighted by Gasteiger charge is 2.29. The fourth-order valence-corrected chi connectivity index (χ4v) is 2.17. The molecule has 0 aliphatic heterocycles. The number of aromatic nitrogens is 2. The van der Waals surface area contributed by atoms with E-state index in [9.17, 15) is 18.4 Å². The van der Waals surface area contributed by atoms with Crippen molar-refractivity contribution in [1.29, 1.82) is 5.26 Å². The Morgan fingerprint density at radius 3 is 2.39 bits per heavy atom. The maximum Gasteiger partial charge on any atom is 0.416 e. The van der Waals surface area contributed by atoms with Gasteiger partial charge in [0.1, 0.15) is 11.9 Å². The summed E-state index contributed by atoms with van der Waals surface area (Å²) in [5.74, 6) is 0.383. The van der Waals surface area contributed by atoms with Gasteiger partial charge in [-0.1, -0.05) is 24.3 Å². The number of hydrogen-bond acceptors (Lipinski definition) is 2. The topological polar surface area (TPSA) is 52.5 Å². The van der Waals surface area contributed by atoms with Crippen LogP contribution in [0.1, 0.15) is 17.0 Å². The second-order valence-corrected chi connectivity index (χ2v) is 4.89. The third-order valence-electron chi connectivity index (χ3n) is 3.31. The largest absolute Gasteiger partial charge is 0.416 e. The van der Waals surface area contributed by atoms with Gasteiger partial charge in [-0.25, -0.2) is 4.98 Å². The quantitative estimate of drug-likeness (QED) is 0.700. The van der Waals surface area contributed by atoms with E-state index in [2.05, 4.69) is 9.97 Å². The van der Waals surface area contributed by atoms with E-state index in [0.717, 1.165) is 23.2 Å². The molecule has 23 heavy (non-hydrogen) atoms. The molecule has 0 bridgehead atoms. The van der Waals surface area contributed by atoms with Crippen LogP contribution in [0, 0.1) is 11.3 Å². The third kappa shape index (κ3) is 3.09. The molecule has 1 aromatic heterocycles. The van der Waals surface area contributed by atoms with Crippen LogP contribution in [-0.4, -0.2) is 9.97 Å². The lowest BCUT2D eigenvalue weighted by molar-refractivity contribution is -0.137. The molecule has 3 aromatic rings. The fourth-order valence-electron chi connectivity index (χ4n) is 2.17. The first-order valence-corrected chi connectivity index (χ1v) is 6.71. The molecule has 1 N–H and O–H groups in total. The highest BCUT2D eigenvalue weighted by Crippen LogP contribution is 2.29. The van der Waals surface area contributed by atoms with E-state index in [1.54, 1.807) is 0 Å². The maximum atomic E-state index is 12.5. The molecule has 0 aliphatic carbocycles. The van der Waals surface area contributed by atoms with Crippen molar-refractivity contribution in [3.63, 3.8) is 0 Å². The summed E-state index contributed by atoms with van der Waals surface area (Å²) >= 11 is 0. The van der Waals surface area contributed by atoms with Crippen LogP contribution in [0.25, 0.3) is 22.7 Å². The number of aromatic amines is 1. The summed E-state index contributed by atoms with van der Waals surface area (Å²) in [5, 5.41) is 9.29. The van der Waals surface area contributed by atoms with E-state index in [-0.39, 0.29) is 5.57 Å². The van der Waals surface area contributed by atoms with E-state index < -0.39 is 11.7 Å². The van der Waals surface area contributed by atoms with Crippen molar-refractivity contribution >= 4 is 22.7 Å². The summed E-state index contributed by atoms with van der Waals surface area (Å²) in [4.78, 5) is 7.33. The molecule has 0 fully saturated rings. The molecule has 3 rings (SSSR count). The predicted molar refractivity (Wildman–Crippen MR) is 81.0 cm³/mol. The lowest BCUT2D eigenvalue weighted by atomic mass is 10.1. The molecular formula is C17H10F3N3. The van der Waals surface area contributed by atoms with Gasteiger partial charge in [0.2, 0.25) is 0 Å². The number of imidazole rings is 1. The first-order valence-electron chi connectivity index (χ1n) is 6.71. The minimum absolute atomic E-state index is 0.251. The molecule has 0 aliphatic rings. The zero-order valence-corrected chi connectivity index (χ0v) is 11.7. The summed E-state index contributed by atoms with van der Waals surface area (Å²) < 4.78 is 37.6. The normalized spacial score (nSPS) is 12.3. The number of halogens is 3. The average molecular weight is 313 g/mol. The monoisotopic (exact) mass is 313 g/mol. The molecule has 0 saturated carbocycles. The van der Waals surface area contributed by atoms with Gasteiger partial charge in [-0.2, -0.15) is 18.4 Å². The summed E-state index contributed by atoms with van der Waals surface area (Å²) in [6.45, 7) is 0. The average Bonchev–Trinajstić information content (AvgIpc) is 2.96. The second kappa shape index (κ2) is 5.61. The number of allylic oxidation sites excluding steroid dienone is 1. The van der Waals surface area contributed by atoms with Gasteiger partial charge >= 0.3 is 6.18 Å². The smallest absolute Gasteiger partial charge is 0.337 e. The lowest BCUT2D eigenvalue weighted by Crippen LogP contribution is -2.04. The van der Waals surface area contributed by atoms with E-state index in [1.807, 2.05) is 30.3 Å². The summed E-state index contributed by atoms with van der Waals surface area (Å²) in [6, 6.07) is 13.9.